The fourth-order valence-corrected chi connectivity index (χ4v) is 8.64. The van der Waals surface area contributed by atoms with Crippen LogP contribution in [0.3, 0.4) is 0 Å². The fraction of sp³-hybridized carbons (Fsp3) is 0.354. The Balaban J connectivity index is 0.953. The predicted molar refractivity (Wildman–Crippen MR) is 240 cm³/mol. The van der Waals surface area contributed by atoms with E-state index in [9.17, 15) is 8.78 Å². The number of aromatic nitrogens is 9. The normalized spacial score (nSPS) is 11.9. The molecule has 5 aromatic heterocycles. The molecule has 0 radical (unpaired) electrons. The van der Waals surface area contributed by atoms with Gasteiger partial charge in [-0.2, -0.15) is 10.2 Å². The van der Waals surface area contributed by atoms with Crippen LogP contribution in [-0.2, 0) is 53.7 Å². The Labute approximate surface area is 366 Å². The molecule has 0 fully saturated rings. The van der Waals surface area contributed by atoms with Gasteiger partial charge in [-0.15, -0.1) is 19.6 Å². The van der Waals surface area contributed by atoms with Gasteiger partial charge in [0.1, 0.15) is 29.8 Å². The zero-order valence-electron chi connectivity index (χ0n) is 37.9. The third-order valence-corrected chi connectivity index (χ3v) is 12.1. The van der Waals surface area contributed by atoms with Gasteiger partial charge in [0.15, 0.2) is 18.5 Å². The number of hydrogen-bond donors (Lipinski definition) is 0. The maximum Gasteiger partial charge on any atom is 0.208 e. The first-order valence-electron chi connectivity index (χ1n) is 21.2. The summed E-state index contributed by atoms with van der Waals surface area (Å²) in [5.41, 5.74) is 12.6. The molecule has 15 heteroatoms. The van der Waals surface area contributed by atoms with Crippen molar-refractivity contribution in [2.75, 3.05) is 34.4 Å². The van der Waals surface area contributed by atoms with E-state index in [1.807, 2.05) is 86.3 Å². The average molecular weight is 857 g/mol. The van der Waals surface area contributed by atoms with Crippen LogP contribution in [0, 0.1) is 39.3 Å². The van der Waals surface area contributed by atoms with E-state index in [4.69, 9.17) is 14.6 Å². The lowest BCUT2D eigenvalue weighted by molar-refractivity contribution is -0.761. The van der Waals surface area contributed by atoms with Crippen LogP contribution in [0.1, 0.15) is 45.4 Å². The van der Waals surface area contributed by atoms with E-state index in [1.54, 1.807) is 18.2 Å². The van der Waals surface area contributed by atoms with Crippen molar-refractivity contribution in [1.82, 2.24) is 48.6 Å². The molecule has 0 N–H and O–H groups in total. The summed E-state index contributed by atoms with van der Waals surface area (Å²) in [5.74, 6) is 1.20. The number of benzene rings is 3. The molecule has 0 spiro atoms. The lowest BCUT2D eigenvalue weighted by atomic mass is 10.0. The summed E-state index contributed by atoms with van der Waals surface area (Å²) in [6.07, 6.45) is 3.32. The molecule has 0 saturated heterocycles. The van der Waals surface area contributed by atoms with Crippen molar-refractivity contribution in [3.05, 3.63) is 130 Å². The Bertz CT molecular complexity index is 2960. The number of nitrogens with zero attached hydrogens (tertiary/aromatic N) is 11. The molecule has 0 atom stereocenters. The van der Waals surface area contributed by atoms with E-state index in [-0.39, 0.29) is 11.6 Å². The molecule has 3 aromatic carbocycles. The fourth-order valence-electron chi connectivity index (χ4n) is 8.64. The molecule has 5 heterocycles. The summed E-state index contributed by atoms with van der Waals surface area (Å²) in [6, 6.07) is 19.4. The van der Waals surface area contributed by atoms with Crippen molar-refractivity contribution in [2.45, 2.75) is 60.3 Å². The number of rotatable bonds is 16. The zero-order valence-corrected chi connectivity index (χ0v) is 37.9. The minimum Gasteiger partial charge on any atom is -0.493 e. The second-order valence-corrected chi connectivity index (χ2v) is 16.8. The molecule has 0 aliphatic carbocycles. The van der Waals surface area contributed by atoms with Gasteiger partial charge >= 0.3 is 0 Å². The van der Waals surface area contributed by atoms with E-state index in [2.05, 4.69) is 68.5 Å². The van der Waals surface area contributed by atoms with Crippen molar-refractivity contribution >= 4 is 16.6 Å². The molecule has 8 rings (SSSR count). The van der Waals surface area contributed by atoms with Crippen molar-refractivity contribution < 1.29 is 22.9 Å². The van der Waals surface area contributed by atoms with Gasteiger partial charge < -0.3 is 14.4 Å². The van der Waals surface area contributed by atoms with E-state index >= 15 is 0 Å². The minimum absolute atomic E-state index is 0.318. The highest BCUT2D eigenvalue weighted by Crippen LogP contribution is 2.35. The van der Waals surface area contributed by atoms with Crippen LogP contribution in [0.2, 0.25) is 0 Å². The molecule has 328 valence electrons. The van der Waals surface area contributed by atoms with Crippen LogP contribution >= 0.6 is 0 Å². The maximum absolute atomic E-state index is 14.7. The highest BCUT2D eigenvalue weighted by atomic mass is 19.1. The van der Waals surface area contributed by atoms with Crippen LogP contribution in [0.5, 0.6) is 11.5 Å². The maximum atomic E-state index is 14.7. The van der Waals surface area contributed by atoms with E-state index in [1.165, 1.54) is 23.8 Å². The number of ether oxygens (including phenoxy) is 2. The largest absolute Gasteiger partial charge is 0.493 e. The van der Waals surface area contributed by atoms with Gasteiger partial charge in [0, 0.05) is 86.0 Å². The van der Waals surface area contributed by atoms with Crippen LogP contribution in [0.25, 0.3) is 38.8 Å². The molecule has 0 aliphatic rings. The molecule has 0 unspecified atom stereocenters. The quantitative estimate of drug-likeness (QED) is 0.0941. The Hall–Kier alpha value is -6.45. The number of pyridine rings is 1. The molecule has 0 amide bonds. The topological polar surface area (TPSA) is 99.6 Å². The lowest BCUT2D eigenvalue weighted by Gasteiger charge is -2.16. The summed E-state index contributed by atoms with van der Waals surface area (Å²) in [7, 11) is 12.0. The number of halogens is 2. The summed E-state index contributed by atoms with van der Waals surface area (Å²) < 4.78 is 52.1. The van der Waals surface area contributed by atoms with Gasteiger partial charge in [0.25, 0.3) is 0 Å². The SMILES string of the molecule is Cc1nn(C)c(C)c1CCOc1cc(F)ccc1-c1ccc2nnc(CN(C)Cn3c(C)c(CCOc4ccc(F)cc4-c4ccc5c(c4)c(CN(C)C)nn5C)c(C)[n+]3C)n2c1. The second kappa shape index (κ2) is 17.7. The number of fused-ring (bicyclic) bond motifs is 2. The van der Waals surface area contributed by atoms with Crippen molar-refractivity contribution in [3.63, 3.8) is 0 Å². The van der Waals surface area contributed by atoms with Crippen molar-refractivity contribution in [1.29, 1.82) is 0 Å². The summed E-state index contributed by atoms with van der Waals surface area (Å²) in [4.78, 5) is 4.28. The number of aryl methyl sites for hydroxylation is 3. The van der Waals surface area contributed by atoms with Crippen molar-refractivity contribution in [2.24, 2.45) is 21.1 Å². The Morgan fingerprint density at radius 1 is 0.698 bits per heavy atom. The van der Waals surface area contributed by atoms with Gasteiger partial charge in [-0.25, -0.2) is 8.78 Å². The van der Waals surface area contributed by atoms with Gasteiger partial charge in [0.2, 0.25) is 5.69 Å². The first-order valence-corrected chi connectivity index (χ1v) is 21.2. The van der Waals surface area contributed by atoms with Crippen LogP contribution in [0.15, 0.2) is 72.9 Å². The third-order valence-electron chi connectivity index (χ3n) is 12.1. The smallest absolute Gasteiger partial charge is 0.208 e. The molecule has 0 saturated carbocycles. The van der Waals surface area contributed by atoms with Gasteiger partial charge in [-0.3, -0.25) is 18.7 Å². The van der Waals surface area contributed by atoms with Crippen molar-refractivity contribution in [3.8, 4) is 33.8 Å². The summed E-state index contributed by atoms with van der Waals surface area (Å²) in [6.45, 7) is 10.9. The van der Waals surface area contributed by atoms with Gasteiger partial charge in [-0.05, 0) is 108 Å². The lowest BCUT2D eigenvalue weighted by Crippen LogP contribution is -2.44. The highest BCUT2D eigenvalue weighted by Gasteiger charge is 2.24. The van der Waals surface area contributed by atoms with E-state index < -0.39 is 0 Å². The molecule has 8 aromatic rings. The van der Waals surface area contributed by atoms with E-state index in [0.29, 0.717) is 68.5 Å². The first kappa shape index (κ1) is 43.2. The highest BCUT2D eigenvalue weighted by molar-refractivity contribution is 5.88. The molecule has 0 bridgehead atoms. The molecule has 63 heavy (non-hydrogen) atoms. The average Bonchev–Trinajstić information content (AvgIpc) is 3.92. The Morgan fingerprint density at radius 3 is 2.16 bits per heavy atom. The molecular weight excluding hydrogens is 801 g/mol. The third kappa shape index (κ3) is 8.80. The zero-order chi connectivity index (χ0) is 44.7. The molecular formula is C48H56F2N11O2+. The molecule has 13 nitrogen and oxygen atoms in total. The standard InChI is InChI=1S/C48H56F2N11O2/c1-30-38(31(2)57(8)53-30)19-21-63-46-25-37(50)13-15-40(46)35-12-18-47-51-52-48(60(47)26-35)28-56(7)29-61-33(4)39(32(3)59(61)10)20-22-62-45-17-14-36(49)24-41(45)34-11-16-44-42(23-34)43(27-55(5)6)54-58(44)9/h11-18,23-26H,19-22,27-29H2,1-10H3/q+1. The first-order chi connectivity index (χ1) is 30.2. The monoisotopic (exact) mass is 856 g/mol. The minimum atomic E-state index is -0.360. The van der Waals surface area contributed by atoms with Gasteiger partial charge in [-0.1, -0.05) is 6.07 Å². The Kier molecular flexibility index (Phi) is 12.2. The number of hydrogen-bond acceptors (Lipinski definition) is 8. The summed E-state index contributed by atoms with van der Waals surface area (Å²) in [5, 5.41) is 19.3. The Morgan fingerprint density at radius 2 is 1.41 bits per heavy atom. The van der Waals surface area contributed by atoms with Crippen LogP contribution in [0.4, 0.5) is 8.78 Å². The van der Waals surface area contributed by atoms with Crippen LogP contribution < -0.4 is 14.2 Å². The predicted octanol–water partition coefficient (Wildman–Crippen LogP) is 7.22. The summed E-state index contributed by atoms with van der Waals surface area (Å²) >= 11 is 0. The van der Waals surface area contributed by atoms with Gasteiger partial charge in [0.05, 0.1) is 42.4 Å². The second-order valence-electron chi connectivity index (χ2n) is 16.8. The van der Waals surface area contributed by atoms with E-state index in [0.717, 1.165) is 67.5 Å². The van der Waals surface area contributed by atoms with Crippen LogP contribution in [-0.4, -0.2) is 83.0 Å². The molecule has 0 aliphatic heterocycles.